The Morgan fingerprint density at radius 3 is 1.81 bits per heavy atom. The molecule has 1 aromatic rings. The summed E-state index contributed by atoms with van der Waals surface area (Å²) in [7, 11) is 6.63. The Hall–Kier alpha value is -0.970. The van der Waals surface area contributed by atoms with Crippen molar-refractivity contribution in [3.8, 4) is 0 Å². The van der Waals surface area contributed by atoms with E-state index < -0.39 is 0 Å². The Labute approximate surface area is 129 Å². The summed E-state index contributed by atoms with van der Waals surface area (Å²) in [6, 6.07) is 6.43. The van der Waals surface area contributed by atoms with Crippen molar-refractivity contribution in [1.82, 2.24) is 19.7 Å². The minimum absolute atomic E-state index is 0.946. The van der Waals surface area contributed by atoms with Crippen molar-refractivity contribution < 1.29 is 0 Å². The van der Waals surface area contributed by atoms with Crippen LogP contribution in [0.4, 0.5) is 0 Å². The number of hydrogen-bond acceptors (Lipinski definition) is 4. The number of fused-ring (bicyclic) bond motifs is 2. The normalized spacial score (nSPS) is 21.7. The molecule has 4 nitrogen and oxygen atoms in total. The first-order valence-electron chi connectivity index (χ1n) is 8.14. The minimum Gasteiger partial charge on any atom is -0.306 e. The van der Waals surface area contributed by atoms with E-state index in [0.717, 1.165) is 26.2 Å². The summed E-state index contributed by atoms with van der Waals surface area (Å²) in [4.78, 5) is 12.0. The Morgan fingerprint density at radius 1 is 0.714 bits per heavy atom. The molecule has 0 N–H and O–H groups in total. The van der Waals surface area contributed by atoms with Crippen LogP contribution in [0.25, 0.3) is 0 Å². The van der Waals surface area contributed by atoms with Crippen molar-refractivity contribution in [2.24, 2.45) is 0 Å². The molecule has 21 heavy (non-hydrogen) atoms. The lowest BCUT2D eigenvalue weighted by molar-refractivity contribution is 0.264. The second-order valence-corrected chi connectivity index (χ2v) is 6.46. The molecule has 4 heteroatoms. The molecule has 1 aromatic heterocycles. The van der Waals surface area contributed by atoms with Gasteiger partial charge in [0.1, 0.15) is 0 Å². The largest absolute Gasteiger partial charge is 0.306 e. The van der Waals surface area contributed by atoms with Gasteiger partial charge < -0.3 is 14.7 Å². The van der Waals surface area contributed by atoms with Gasteiger partial charge in [-0.2, -0.15) is 0 Å². The summed E-state index contributed by atoms with van der Waals surface area (Å²) in [6.45, 7) is 6.58. The fourth-order valence-corrected chi connectivity index (χ4v) is 2.90. The molecule has 0 aromatic carbocycles. The summed E-state index contributed by atoms with van der Waals surface area (Å²) >= 11 is 0. The first kappa shape index (κ1) is 16.4. The summed E-state index contributed by atoms with van der Waals surface area (Å²) in [5, 5.41) is 0. The molecular weight excluding hydrogens is 260 g/mol. The first-order chi connectivity index (χ1) is 10.1. The number of pyridine rings is 1. The Balaban J connectivity index is 2.01. The quantitative estimate of drug-likeness (QED) is 0.729. The monoisotopic (exact) mass is 290 g/mol. The molecule has 1 aliphatic heterocycles. The second kappa shape index (κ2) is 8.47. The van der Waals surface area contributed by atoms with Crippen LogP contribution in [0.2, 0.25) is 0 Å². The number of rotatable bonds is 0. The average molecular weight is 290 g/mol. The molecule has 0 atom stereocenters. The zero-order chi connectivity index (χ0) is 15.1. The van der Waals surface area contributed by atoms with Crippen LogP contribution in [0.1, 0.15) is 30.7 Å². The number of aromatic nitrogens is 1. The van der Waals surface area contributed by atoms with Gasteiger partial charge in [0.15, 0.2) is 0 Å². The van der Waals surface area contributed by atoms with E-state index in [0.29, 0.717) is 0 Å². The third-order valence-electron chi connectivity index (χ3n) is 4.14. The van der Waals surface area contributed by atoms with Crippen LogP contribution in [-0.2, 0) is 13.1 Å². The van der Waals surface area contributed by atoms with E-state index in [2.05, 4.69) is 54.0 Å². The highest BCUT2D eigenvalue weighted by Crippen LogP contribution is 2.07. The molecule has 0 saturated carbocycles. The maximum absolute atomic E-state index is 4.81. The third-order valence-corrected chi connectivity index (χ3v) is 4.14. The smallest absolute Gasteiger partial charge is 0.0547 e. The third kappa shape index (κ3) is 6.12. The Bertz CT molecular complexity index is 421. The predicted molar refractivity (Wildman–Crippen MR) is 88.3 cm³/mol. The number of nitrogens with zero attached hydrogens (tertiary/aromatic N) is 4. The van der Waals surface area contributed by atoms with Gasteiger partial charge in [-0.25, -0.2) is 0 Å². The lowest BCUT2D eigenvalue weighted by atomic mass is 10.2. The van der Waals surface area contributed by atoms with Crippen molar-refractivity contribution in [2.45, 2.75) is 32.4 Å². The van der Waals surface area contributed by atoms with Crippen molar-refractivity contribution in [3.63, 3.8) is 0 Å². The van der Waals surface area contributed by atoms with Crippen molar-refractivity contribution in [3.05, 3.63) is 29.6 Å². The van der Waals surface area contributed by atoms with Crippen LogP contribution in [0.15, 0.2) is 18.2 Å². The SMILES string of the molecule is CN1CCCCN(C)Cc2cccc(n2)CN(C)CCC1. The molecule has 0 amide bonds. The van der Waals surface area contributed by atoms with E-state index in [4.69, 9.17) is 4.98 Å². The molecule has 2 heterocycles. The highest BCUT2D eigenvalue weighted by atomic mass is 15.1. The maximum Gasteiger partial charge on any atom is 0.0547 e. The van der Waals surface area contributed by atoms with Gasteiger partial charge in [0, 0.05) is 13.1 Å². The maximum atomic E-state index is 4.81. The lowest BCUT2D eigenvalue weighted by Gasteiger charge is -2.20. The fraction of sp³-hybridized carbons (Fsp3) is 0.706. The van der Waals surface area contributed by atoms with E-state index in [1.165, 1.54) is 43.7 Å². The van der Waals surface area contributed by atoms with Crippen LogP contribution in [0.5, 0.6) is 0 Å². The molecule has 0 fully saturated rings. The standard InChI is InChI=1S/C17H30N4/c1-19-10-4-5-11-20(2)14-16-8-6-9-17(18-16)15-21(3)13-7-12-19/h6,8-9H,4-5,7,10-15H2,1-3H3. The summed E-state index contributed by atoms with van der Waals surface area (Å²) < 4.78 is 0. The topological polar surface area (TPSA) is 22.6 Å². The van der Waals surface area contributed by atoms with Crippen LogP contribution >= 0.6 is 0 Å². The minimum atomic E-state index is 0.946. The van der Waals surface area contributed by atoms with E-state index in [1.807, 2.05) is 0 Å². The van der Waals surface area contributed by atoms with Crippen LogP contribution < -0.4 is 0 Å². The summed E-state index contributed by atoms with van der Waals surface area (Å²) in [6.07, 6.45) is 3.77. The van der Waals surface area contributed by atoms with Crippen molar-refractivity contribution in [2.75, 3.05) is 47.3 Å². The molecular formula is C17H30N4. The van der Waals surface area contributed by atoms with Gasteiger partial charge >= 0.3 is 0 Å². The van der Waals surface area contributed by atoms with Crippen LogP contribution in [0, 0.1) is 0 Å². The highest BCUT2D eigenvalue weighted by molar-refractivity contribution is 5.11. The van der Waals surface area contributed by atoms with Crippen molar-refractivity contribution >= 4 is 0 Å². The lowest BCUT2D eigenvalue weighted by Crippen LogP contribution is -2.26. The zero-order valence-corrected chi connectivity index (χ0v) is 13.9. The van der Waals surface area contributed by atoms with Gasteiger partial charge in [0.25, 0.3) is 0 Å². The average Bonchev–Trinajstić information content (AvgIpc) is 2.43. The van der Waals surface area contributed by atoms with Crippen LogP contribution in [0.3, 0.4) is 0 Å². The first-order valence-corrected chi connectivity index (χ1v) is 8.14. The van der Waals surface area contributed by atoms with Gasteiger partial charge in [0.05, 0.1) is 11.4 Å². The predicted octanol–water partition coefficient (Wildman–Crippen LogP) is 2.06. The summed E-state index contributed by atoms with van der Waals surface area (Å²) in [5.41, 5.74) is 2.38. The van der Waals surface area contributed by atoms with Gasteiger partial charge in [-0.05, 0) is 78.7 Å². The molecule has 0 aliphatic carbocycles. The van der Waals surface area contributed by atoms with E-state index in [-0.39, 0.29) is 0 Å². The molecule has 118 valence electrons. The van der Waals surface area contributed by atoms with E-state index >= 15 is 0 Å². The molecule has 2 bridgehead atoms. The van der Waals surface area contributed by atoms with E-state index in [1.54, 1.807) is 0 Å². The molecule has 0 saturated heterocycles. The Kier molecular flexibility index (Phi) is 6.61. The van der Waals surface area contributed by atoms with Gasteiger partial charge in [0.2, 0.25) is 0 Å². The molecule has 0 unspecified atom stereocenters. The molecule has 2 rings (SSSR count). The second-order valence-electron chi connectivity index (χ2n) is 6.46. The zero-order valence-electron chi connectivity index (χ0n) is 13.9. The summed E-state index contributed by atoms with van der Waals surface area (Å²) in [5.74, 6) is 0. The molecule has 0 radical (unpaired) electrons. The molecule has 1 aliphatic rings. The van der Waals surface area contributed by atoms with Gasteiger partial charge in [-0.15, -0.1) is 0 Å². The molecule has 0 spiro atoms. The van der Waals surface area contributed by atoms with Crippen LogP contribution in [-0.4, -0.2) is 67.0 Å². The number of hydrogen-bond donors (Lipinski definition) is 0. The Morgan fingerprint density at radius 2 is 1.19 bits per heavy atom. The van der Waals surface area contributed by atoms with Gasteiger partial charge in [-0.1, -0.05) is 6.07 Å². The fourth-order valence-electron chi connectivity index (χ4n) is 2.90. The highest BCUT2D eigenvalue weighted by Gasteiger charge is 2.07. The van der Waals surface area contributed by atoms with E-state index in [9.17, 15) is 0 Å². The van der Waals surface area contributed by atoms with Crippen molar-refractivity contribution in [1.29, 1.82) is 0 Å². The van der Waals surface area contributed by atoms with Gasteiger partial charge in [-0.3, -0.25) is 4.98 Å².